The van der Waals surface area contributed by atoms with E-state index in [4.69, 9.17) is 14.2 Å². The summed E-state index contributed by atoms with van der Waals surface area (Å²) in [5.41, 5.74) is 1.54. The van der Waals surface area contributed by atoms with Crippen LogP contribution in [0.15, 0.2) is 72.8 Å². The Balaban J connectivity index is 1.27. The van der Waals surface area contributed by atoms with Gasteiger partial charge in [-0.1, -0.05) is 36.4 Å². The van der Waals surface area contributed by atoms with E-state index in [1.165, 1.54) is 0 Å². The van der Waals surface area contributed by atoms with Gasteiger partial charge in [0.1, 0.15) is 30.8 Å². The second-order valence-corrected chi connectivity index (χ2v) is 9.27. The van der Waals surface area contributed by atoms with E-state index in [0.29, 0.717) is 42.6 Å². The number of benzene rings is 3. The molecule has 5 rings (SSSR count). The highest BCUT2D eigenvalue weighted by Crippen LogP contribution is 2.33. The van der Waals surface area contributed by atoms with Gasteiger partial charge in [0, 0.05) is 6.54 Å². The number of fused-ring (bicyclic) bond motifs is 1. The third kappa shape index (κ3) is 6.17. The molecule has 0 aliphatic carbocycles. The SMILES string of the molecule is O=C(Cc1cccc(Oc2ccccc2)c1)NC(CN1CCCC1)C(O)c1ccc2c(c1)OCCO2. The first-order valence-electron chi connectivity index (χ1n) is 12.6. The second kappa shape index (κ2) is 11.5. The molecule has 2 atom stereocenters. The quantitative estimate of drug-likeness (QED) is 0.472. The molecule has 0 saturated carbocycles. The van der Waals surface area contributed by atoms with Gasteiger partial charge in [-0.15, -0.1) is 0 Å². The summed E-state index contributed by atoms with van der Waals surface area (Å²) in [6.45, 7) is 3.52. The predicted octanol–water partition coefficient (Wildman–Crippen LogP) is 4.11. The molecule has 7 heteroatoms. The number of ether oxygens (including phenoxy) is 3. The molecule has 1 fully saturated rings. The normalized spacial score (nSPS) is 16.8. The number of rotatable bonds is 9. The summed E-state index contributed by atoms with van der Waals surface area (Å²) < 4.78 is 17.2. The van der Waals surface area contributed by atoms with Crippen molar-refractivity contribution in [1.82, 2.24) is 10.2 Å². The number of carbonyl (C=O) groups is 1. The summed E-state index contributed by atoms with van der Waals surface area (Å²) >= 11 is 0. The van der Waals surface area contributed by atoms with Gasteiger partial charge in [0.15, 0.2) is 11.5 Å². The molecular weight excluding hydrogens is 456 g/mol. The van der Waals surface area contributed by atoms with E-state index in [9.17, 15) is 9.90 Å². The molecule has 0 spiro atoms. The lowest BCUT2D eigenvalue weighted by Crippen LogP contribution is -2.47. The largest absolute Gasteiger partial charge is 0.486 e. The Bertz CT molecular complexity index is 1160. The van der Waals surface area contributed by atoms with Crippen molar-refractivity contribution in [3.05, 3.63) is 83.9 Å². The topological polar surface area (TPSA) is 80.3 Å². The number of nitrogens with zero attached hydrogens (tertiary/aromatic N) is 1. The monoisotopic (exact) mass is 488 g/mol. The van der Waals surface area contributed by atoms with Crippen molar-refractivity contribution < 1.29 is 24.1 Å². The molecule has 36 heavy (non-hydrogen) atoms. The Morgan fingerprint density at radius 2 is 1.67 bits per heavy atom. The fourth-order valence-corrected chi connectivity index (χ4v) is 4.73. The molecule has 1 amide bonds. The van der Waals surface area contributed by atoms with Crippen LogP contribution in [-0.2, 0) is 11.2 Å². The van der Waals surface area contributed by atoms with Crippen LogP contribution in [0.1, 0.15) is 30.1 Å². The van der Waals surface area contributed by atoms with Crippen molar-refractivity contribution >= 4 is 5.91 Å². The third-order valence-corrected chi connectivity index (χ3v) is 6.53. The Kier molecular flexibility index (Phi) is 7.69. The van der Waals surface area contributed by atoms with Gasteiger partial charge in [-0.2, -0.15) is 0 Å². The Morgan fingerprint density at radius 1 is 0.917 bits per heavy atom. The summed E-state index contributed by atoms with van der Waals surface area (Å²) in [6, 6.07) is 22.1. The van der Waals surface area contributed by atoms with Crippen LogP contribution in [0.4, 0.5) is 0 Å². The highest BCUT2D eigenvalue weighted by molar-refractivity contribution is 5.79. The zero-order chi connectivity index (χ0) is 24.7. The lowest BCUT2D eigenvalue weighted by Gasteiger charge is -2.29. The molecule has 0 aromatic heterocycles. The van der Waals surface area contributed by atoms with Crippen molar-refractivity contribution in [2.75, 3.05) is 32.8 Å². The number of carbonyl (C=O) groups excluding carboxylic acids is 1. The molecule has 0 radical (unpaired) electrons. The first kappa shape index (κ1) is 24.2. The van der Waals surface area contributed by atoms with Crippen LogP contribution in [0.2, 0.25) is 0 Å². The molecular formula is C29H32N2O5. The predicted molar refractivity (Wildman–Crippen MR) is 137 cm³/mol. The zero-order valence-corrected chi connectivity index (χ0v) is 20.3. The third-order valence-electron chi connectivity index (χ3n) is 6.53. The number of hydrogen-bond acceptors (Lipinski definition) is 6. The standard InChI is InChI=1S/C29H32N2O5/c32-28(18-21-7-6-10-24(17-21)36-23-8-2-1-3-9-23)30-25(20-31-13-4-5-14-31)29(33)22-11-12-26-27(19-22)35-16-15-34-26/h1-3,6-12,17,19,25,29,33H,4-5,13-16,18,20H2,(H,30,32). The maximum atomic E-state index is 13.1. The van der Waals surface area contributed by atoms with Crippen molar-refractivity contribution in [2.24, 2.45) is 0 Å². The number of hydrogen-bond donors (Lipinski definition) is 2. The minimum atomic E-state index is -0.877. The van der Waals surface area contributed by atoms with Gasteiger partial charge in [0.2, 0.25) is 5.91 Å². The van der Waals surface area contributed by atoms with Gasteiger partial charge in [-0.3, -0.25) is 4.79 Å². The number of para-hydroxylation sites is 1. The molecule has 1 saturated heterocycles. The van der Waals surface area contributed by atoms with E-state index < -0.39 is 12.1 Å². The Morgan fingerprint density at radius 3 is 2.47 bits per heavy atom. The number of nitrogens with one attached hydrogen (secondary N) is 1. The van der Waals surface area contributed by atoms with Crippen LogP contribution in [0.25, 0.3) is 0 Å². The number of aliphatic hydroxyl groups excluding tert-OH is 1. The molecule has 2 N–H and O–H groups in total. The molecule has 0 bridgehead atoms. The second-order valence-electron chi connectivity index (χ2n) is 9.27. The first-order chi connectivity index (χ1) is 17.6. The molecule has 2 unspecified atom stereocenters. The highest BCUT2D eigenvalue weighted by Gasteiger charge is 2.28. The van der Waals surface area contributed by atoms with Crippen LogP contribution in [0, 0.1) is 0 Å². The van der Waals surface area contributed by atoms with Gasteiger partial charge in [0.05, 0.1) is 12.5 Å². The minimum Gasteiger partial charge on any atom is -0.486 e. The van der Waals surface area contributed by atoms with Gasteiger partial charge < -0.3 is 29.5 Å². The fourth-order valence-electron chi connectivity index (χ4n) is 4.73. The van der Waals surface area contributed by atoms with Crippen LogP contribution in [0.5, 0.6) is 23.0 Å². The summed E-state index contributed by atoms with van der Waals surface area (Å²) in [6.07, 6.45) is 1.58. The maximum Gasteiger partial charge on any atom is 0.224 e. The lowest BCUT2D eigenvalue weighted by molar-refractivity contribution is -0.122. The average Bonchev–Trinajstić information content (AvgIpc) is 3.41. The van der Waals surface area contributed by atoms with E-state index in [2.05, 4.69) is 10.2 Å². The average molecular weight is 489 g/mol. The van der Waals surface area contributed by atoms with Crippen LogP contribution >= 0.6 is 0 Å². The molecule has 2 heterocycles. The van der Waals surface area contributed by atoms with Crippen LogP contribution < -0.4 is 19.5 Å². The van der Waals surface area contributed by atoms with Crippen molar-refractivity contribution in [2.45, 2.75) is 31.4 Å². The summed E-state index contributed by atoms with van der Waals surface area (Å²) in [5, 5.41) is 14.4. The number of likely N-dealkylation sites (tertiary alicyclic amines) is 1. The molecule has 7 nitrogen and oxygen atoms in total. The smallest absolute Gasteiger partial charge is 0.224 e. The molecule has 2 aliphatic heterocycles. The van der Waals surface area contributed by atoms with E-state index in [1.54, 1.807) is 0 Å². The Labute approximate surface area is 211 Å². The number of aliphatic hydroxyl groups is 1. The van der Waals surface area contributed by atoms with Crippen LogP contribution in [0.3, 0.4) is 0 Å². The molecule has 2 aliphatic rings. The molecule has 3 aromatic rings. The van der Waals surface area contributed by atoms with E-state index in [0.717, 1.165) is 37.2 Å². The van der Waals surface area contributed by atoms with Gasteiger partial charge in [-0.05, 0) is 73.5 Å². The van der Waals surface area contributed by atoms with Crippen molar-refractivity contribution in [3.8, 4) is 23.0 Å². The minimum absolute atomic E-state index is 0.146. The first-order valence-corrected chi connectivity index (χ1v) is 12.6. The van der Waals surface area contributed by atoms with Crippen molar-refractivity contribution in [3.63, 3.8) is 0 Å². The van der Waals surface area contributed by atoms with Gasteiger partial charge in [-0.25, -0.2) is 0 Å². The summed E-state index contributed by atoms with van der Waals surface area (Å²) in [7, 11) is 0. The van der Waals surface area contributed by atoms with Gasteiger partial charge >= 0.3 is 0 Å². The summed E-state index contributed by atoms with van der Waals surface area (Å²) in [4.78, 5) is 15.4. The number of amides is 1. The highest BCUT2D eigenvalue weighted by atomic mass is 16.6. The van der Waals surface area contributed by atoms with Gasteiger partial charge in [0.25, 0.3) is 0 Å². The van der Waals surface area contributed by atoms with E-state index in [1.807, 2.05) is 72.8 Å². The zero-order valence-electron chi connectivity index (χ0n) is 20.3. The molecule has 188 valence electrons. The van der Waals surface area contributed by atoms with Crippen LogP contribution in [-0.4, -0.2) is 54.8 Å². The van der Waals surface area contributed by atoms with Crippen molar-refractivity contribution in [1.29, 1.82) is 0 Å². The maximum absolute atomic E-state index is 13.1. The van der Waals surface area contributed by atoms with E-state index in [-0.39, 0.29) is 12.3 Å². The summed E-state index contributed by atoms with van der Waals surface area (Å²) in [5.74, 6) is 2.57. The molecule has 3 aromatic carbocycles. The lowest BCUT2D eigenvalue weighted by atomic mass is 10.0. The Hall–Kier alpha value is -3.55. The van der Waals surface area contributed by atoms with E-state index >= 15 is 0 Å². The fraction of sp³-hybridized carbons (Fsp3) is 0.345.